The zero-order chi connectivity index (χ0) is 18.6. The highest BCUT2D eigenvalue weighted by Gasteiger charge is 2.26. The number of ether oxygens (including phenoxy) is 1. The molecule has 140 valence electrons. The molecular formula is C22H27N4O+. The minimum atomic E-state index is 0.434. The summed E-state index contributed by atoms with van der Waals surface area (Å²) in [4.78, 5) is 2.48. The molecule has 2 aliphatic heterocycles. The molecule has 2 aromatic carbocycles. The van der Waals surface area contributed by atoms with E-state index in [0.717, 1.165) is 43.2 Å². The largest absolute Gasteiger partial charge is 0.489 e. The van der Waals surface area contributed by atoms with Crippen LogP contribution in [0, 0.1) is 5.41 Å². The third-order valence-electron chi connectivity index (χ3n) is 5.56. The molecule has 5 nitrogen and oxygen atoms in total. The minimum Gasteiger partial charge on any atom is -0.489 e. The number of nitrogens with two attached hydrogens (primary N) is 1. The van der Waals surface area contributed by atoms with E-state index < -0.39 is 0 Å². The van der Waals surface area contributed by atoms with Gasteiger partial charge in [-0.15, -0.1) is 0 Å². The number of hydrogen-bond acceptors (Lipinski definition) is 3. The van der Waals surface area contributed by atoms with Gasteiger partial charge in [0.15, 0.2) is 5.84 Å². The maximum Gasteiger partial charge on any atom is 0.265 e. The number of rotatable bonds is 4. The topological polar surface area (TPSA) is 65.3 Å². The third kappa shape index (κ3) is 3.88. The van der Waals surface area contributed by atoms with Gasteiger partial charge in [-0.1, -0.05) is 42.5 Å². The van der Waals surface area contributed by atoms with Crippen molar-refractivity contribution >= 4 is 11.7 Å². The van der Waals surface area contributed by atoms with Crippen LogP contribution in [0.5, 0.6) is 5.75 Å². The van der Waals surface area contributed by atoms with Gasteiger partial charge in [-0.3, -0.25) is 0 Å². The molecule has 3 N–H and O–H groups in total. The van der Waals surface area contributed by atoms with E-state index in [4.69, 9.17) is 15.9 Å². The average molecular weight is 363 g/mol. The molecule has 0 radical (unpaired) electrons. The quantitative estimate of drug-likeness (QED) is 0.648. The maximum atomic E-state index is 8.56. The van der Waals surface area contributed by atoms with Crippen molar-refractivity contribution in [3.05, 3.63) is 65.7 Å². The van der Waals surface area contributed by atoms with E-state index in [9.17, 15) is 0 Å². The Kier molecular flexibility index (Phi) is 5.21. The number of para-hydroxylation sites is 1. The van der Waals surface area contributed by atoms with E-state index in [-0.39, 0.29) is 0 Å². The summed E-state index contributed by atoms with van der Waals surface area (Å²) in [7, 11) is 0. The van der Waals surface area contributed by atoms with Gasteiger partial charge in [0, 0.05) is 19.5 Å². The predicted molar refractivity (Wildman–Crippen MR) is 108 cm³/mol. The van der Waals surface area contributed by atoms with Gasteiger partial charge in [0.05, 0.1) is 5.56 Å². The number of amidine groups is 2. The van der Waals surface area contributed by atoms with Crippen LogP contribution in [0.3, 0.4) is 0 Å². The smallest absolute Gasteiger partial charge is 0.265 e. The number of fused-ring (bicyclic) bond motifs is 1. The molecule has 5 heteroatoms. The first-order valence-corrected chi connectivity index (χ1v) is 9.69. The fraction of sp³-hybridized carbons (Fsp3) is 0.364. The second kappa shape index (κ2) is 7.92. The fourth-order valence-electron chi connectivity index (χ4n) is 4.02. The van der Waals surface area contributed by atoms with E-state index in [1.54, 1.807) is 0 Å². The van der Waals surface area contributed by atoms with Gasteiger partial charge in [-0.2, -0.15) is 5.41 Å². The van der Waals surface area contributed by atoms with Gasteiger partial charge >= 0.3 is 0 Å². The summed E-state index contributed by atoms with van der Waals surface area (Å²) in [5, 5.41) is 8.56. The third-order valence-corrected chi connectivity index (χ3v) is 5.56. The average Bonchev–Trinajstić information content (AvgIpc) is 3.12. The first-order valence-electron chi connectivity index (χ1n) is 9.69. The van der Waals surface area contributed by atoms with Crippen LogP contribution in [0.1, 0.15) is 29.9 Å². The van der Waals surface area contributed by atoms with Gasteiger partial charge in [0.1, 0.15) is 18.9 Å². The lowest BCUT2D eigenvalue weighted by molar-refractivity contribution is -0.411. The lowest BCUT2D eigenvalue weighted by Gasteiger charge is -2.16. The molecule has 1 fully saturated rings. The lowest BCUT2D eigenvalue weighted by atomic mass is 9.99. The first-order chi connectivity index (χ1) is 13.2. The van der Waals surface area contributed by atoms with Crippen molar-refractivity contribution in [2.45, 2.75) is 18.8 Å². The first kappa shape index (κ1) is 17.7. The van der Waals surface area contributed by atoms with Gasteiger partial charge in [-0.05, 0) is 36.6 Å². The highest BCUT2D eigenvalue weighted by atomic mass is 16.5. The number of hydrogen-bond donors (Lipinski definition) is 2. The summed E-state index contributed by atoms with van der Waals surface area (Å²) >= 11 is 0. The Morgan fingerprint density at radius 3 is 2.78 bits per heavy atom. The molecule has 0 amide bonds. The second-order valence-corrected chi connectivity index (χ2v) is 7.28. The number of likely N-dealkylation sites (tertiary alicyclic amines) is 1. The van der Waals surface area contributed by atoms with Crippen molar-refractivity contribution in [2.24, 2.45) is 5.73 Å². The molecule has 27 heavy (non-hydrogen) atoms. The molecule has 0 aromatic heterocycles. The SMILES string of the molecule is N=C1c2ccccc2OCC[N+]1=C(N)CCN1CCC(c2ccccc2)C1. The highest BCUT2D eigenvalue weighted by Crippen LogP contribution is 2.27. The van der Waals surface area contributed by atoms with Crippen LogP contribution in [0.25, 0.3) is 0 Å². The fourth-order valence-corrected chi connectivity index (χ4v) is 4.02. The van der Waals surface area contributed by atoms with Crippen molar-refractivity contribution < 1.29 is 9.31 Å². The van der Waals surface area contributed by atoms with E-state index in [2.05, 4.69) is 35.2 Å². The minimum absolute atomic E-state index is 0.434. The molecular weight excluding hydrogens is 336 g/mol. The molecule has 0 bridgehead atoms. The Morgan fingerprint density at radius 1 is 1.15 bits per heavy atom. The van der Waals surface area contributed by atoms with Gasteiger partial charge in [-0.25, -0.2) is 4.58 Å². The van der Waals surface area contributed by atoms with E-state index in [1.807, 2.05) is 28.8 Å². The summed E-state index contributed by atoms with van der Waals surface area (Å²) in [6.45, 7) is 4.28. The number of nitrogens with zero attached hydrogens (tertiary/aromatic N) is 2. The van der Waals surface area contributed by atoms with Crippen LogP contribution in [0.2, 0.25) is 0 Å². The van der Waals surface area contributed by atoms with E-state index in [0.29, 0.717) is 24.9 Å². The van der Waals surface area contributed by atoms with Crippen LogP contribution in [-0.4, -0.2) is 53.9 Å². The molecule has 0 spiro atoms. The number of nitrogens with one attached hydrogen (secondary N) is 1. The summed E-state index contributed by atoms with van der Waals surface area (Å²) in [6, 6.07) is 18.5. The van der Waals surface area contributed by atoms with Crippen molar-refractivity contribution in [1.29, 1.82) is 5.41 Å². The summed E-state index contributed by atoms with van der Waals surface area (Å²) in [5.74, 6) is 2.57. The molecule has 4 rings (SSSR count). The highest BCUT2D eigenvalue weighted by molar-refractivity contribution is 5.96. The van der Waals surface area contributed by atoms with Crippen LogP contribution in [0.15, 0.2) is 54.6 Å². The molecule has 2 aliphatic rings. The van der Waals surface area contributed by atoms with Gasteiger partial charge < -0.3 is 15.4 Å². The Morgan fingerprint density at radius 2 is 1.93 bits per heavy atom. The predicted octanol–water partition coefficient (Wildman–Crippen LogP) is 2.65. The van der Waals surface area contributed by atoms with Crippen LogP contribution in [-0.2, 0) is 0 Å². The van der Waals surface area contributed by atoms with Crippen molar-refractivity contribution in [2.75, 3.05) is 32.8 Å². The Bertz CT molecular complexity index is 846. The molecule has 1 atom stereocenters. The molecule has 2 heterocycles. The number of benzene rings is 2. The molecule has 2 aromatic rings. The van der Waals surface area contributed by atoms with Crippen molar-refractivity contribution in [1.82, 2.24) is 4.90 Å². The van der Waals surface area contributed by atoms with Gasteiger partial charge in [0.2, 0.25) is 0 Å². The molecule has 1 saturated heterocycles. The monoisotopic (exact) mass is 363 g/mol. The normalized spacial score (nSPS) is 22.1. The summed E-state index contributed by atoms with van der Waals surface area (Å²) < 4.78 is 7.68. The standard InChI is InChI=1S/C22H26N4O/c23-21(26-14-15-27-20-9-5-4-8-19(20)22(26)24)11-13-25-12-10-18(16-25)17-6-2-1-3-7-17/h1-9,18,23-24H,10-16H2/p+1. The van der Waals surface area contributed by atoms with E-state index >= 15 is 0 Å². The van der Waals surface area contributed by atoms with Crippen LogP contribution in [0.4, 0.5) is 0 Å². The van der Waals surface area contributed by atoms with Crippen LogP contribution < -0.4 is 10.5 Å². The van der Waals surface area contributed by atoms with Crippen LogP contribution >= 0.6 is 0 Å². The molecule has 0 aliphatic carbocycles. The Balaban J connectivity index is 1.40. The maximum absolute atomic E-state index is 8.56. The van der Waals surface area contributed by atoms with E-state index in [1.165, 1.54) is 12.0 Å². The lowest BCUT2D eigenvalue weighted by Crippen LogP contribution is -2.37. The van der Waals surface area contributed by atoms with Crippen molar-refractivity contribution in [3.63, 3.8) is 0 Å². The van der Waals surface area contributed by atoms with Gasteiger partial charge in [0.25, 0.3) is 5.84 Å². The second-order valence-electron chi connectivity index (χ2n) is 7.28. The van der Waals surface area contributed by atoms with Crippen molar-refractivity contribution in [3.8, 4) is 5.75 Å². The molecule has 1 unspecified atom stereocenters. The Hall–Kier alpha value is -2.66. The molecule has 0 saturated carbocycles. The Labute approximate surface area is 160 Å². The zero-order valence-corrected chi connectivity index (χ0v) is 15.6. The zero-order valence-electron chi connectivity index (χ0n) is 15.6. The summed E-state index contributed by atoms with van der Waals surface area (Å²) in [5.41, 5.74) is 8.65. The summed E-state index contributed by atoms with van der Waals surface area (Å²) in [6.07, 6.45) is 1.97.